The second-order valence-electron chi connectivity index (χ2n) is 6.68. The van der Waals surface area contributed by atoms with E-state index >= 15 is 0 Å². The molecule has 0 aliphatic heterocycles. The van der Waals surface area contributed by atoms with Gasteiger partial charge in [0.15, 0.2) is 0 Å². The first-order valence-electron chi connectivity index (χ1n) is 8.64. The third-order valence-corrected chi connectivity index (χ3v) is 3.70. The zero-order chi connectivity index (χ0) is 18.1. The summed E-state index contributed by atoms with van der Waals surface area (Å²) >= 11 is 0. The average molecular weight is 334 g/mol. The number of hydrogen-bond acceptors (Lipinski definition) is 3. The van der Waals surface area contributed by atoms with E-state index in [2.05, 4.69) is 38.3 Å². The van der Waals surface area contributed by atoms with Gasteiger partial charge in [0.1, 0.15) is 0 Å². The van der Waals surface area contributed by atoms with Crippen molar-refractivity contribution in [3.63, 3.8) is 0 Å². The van der Waals surface area contributed by atoms with Crippen molar-refractivity contribution in [2.75, 3.05) is 13.2 Å². The van der Waals surface area contributed by atoms with E-state index in [4.69, 9.17) is 4.74 Å². The predicted octanol–water partition coefficient (Wildman–Crippen LogP) is 3.70. The Labute approximate surface area is 145 Å². The Morgan fingerprint density at radius 2 is 1.71 bits per heavy atom. The van der Waals surface area contributed by atoms with Gasteiger partial charge in [-0.2, -0.15) is 0 Å². The van der Waals surface area contributed by atoms with Crippen LogP contribution < -0.4 is 10.6 Å². The van der Waals surface area contributed by atoms with Crippen LogP contribution in [0.1, 0.15) is 62.9 Å². The molecular weight excluding hydrogens is 304 g/mol. The van der Waals surface area contributed by atoms with Gasteiger partial charge >= 0.3 is 6.09 Å². The van der Waals surface area contributed by atoms with Crippen LogP contribution in [0.3, 0.4) is 0 Å². The number of ether oxygens (including phenoxy) is 1. The first-order chi connectivity index (χ1) is 11.3. The summed E-state index contributed by atoms with van der Waals surface area (Å²) in [5.74, 6) is 0.704. The van der Waals surface area contributed by atoms with E-state index in [1.165, 1.54) is 5.56 Å². The fourth-order valence-corrected chi connectivity index (χ4v) is 2.44. The molecule has 0 fully saturated rings. The quantitative estimate of drug-likeness (QED) is 0.762. The fourth-order valence-electron chi connectivity index (χ4n) is 2.44. The highest BCUT2D eigenvalue weighted by Crippen LogP contribution is 2.14. The molecule has 1 aromatic carbocycles. The van der Waals surface area contributed by atoms with E-state index in [0.29, 0.717) is 30.6 Å². The highest BCUT2D eigenvalue weighted by Gasteiger charge is 2.16. The molecule has 0 saturated heterocycles. The molecule has 5 heteroatoms. The number of benzene rings is 1. The van der Waals surface area contributed by atoms with Gasteiger partial charge in [-0.3, -0.25) is 4.79 Å². The van der Waals surface area contributed by atoms with Crippen molar-refractivity contribution < 1.29 is 14.3 Å². The molecule has 1 unspecified atom stereocenters. The van der Waals surface area contributed by atoms with Crippen LogP contribution in [0.15, 0.2) is 24.3 Å². The first kappa shape index (κ1) is 20.0. The van der Waals surface area contributed by atoms with Crippen LogP contribution in [-0.4, -0.2) is 31.2 Å². The minimum Gasteiger partial charge on any atom is -0.450 e. The molecule has 1 atom stereocenters. The molecule has 0 aliphatic carbocycles. The number of carbonyl (C=O) groups excluding carboxylic acids is 2. The molecule has 0 bridgehead atoms. The summed E-state index contributed by atoms with van der Waals surface area (Å²) in [7, 11) is 0. The van der Waals surface area contributed by atoms with Crippen LogP contribution in [0, 0.1) is 5.92 Å². The fraction of sp³-hybridized carbons (Fsp3) is 0.579. The Kier molecular flexibility index (Phi) is 8.30. The molecule has 0 aromatic heterocycles. The van der Waals surface area contributed by atoms with Crippen molar-refractivity contribution >= 4 is 12.0 Å². The summed E-state index contributed by atoms with van der Waals surface area (Å²) in [6.07, 6.45) is 0.324. The zero-order valence-electron chi connectivity index (χ0n) is 15.4. The molecule has 0 aliphatic rings. The van der Waals surface area contributed by atoms with Gasteiger partial charge in [0, 0.05) is 18.2 Å². The van der Waals surface area contributed by atoms with Gasteiger partial charge in [0.2, 0.25) is 0 Å². The Morgan fingerprint density at radius 3 is 2.21 bits per heavy atom. The monoisotopic (exact) mass is 334 g/mol. The molecule has 1 aromatic rings. The van der Waals surface area contributed by atoms with Crippen molar-refractivity contribution in [3.05, 3.63) is 35.4 Å². The lowest BCUT2D eigenvalue weighted by Crippen LogP contribution is -2.44. The maximum atomic E-state index is 12.3. The highest BCUT2D eigenvalue weighted by atomic mass is 16.5. The van der Waals surface area contributed by atoms with Crippen molar-refractivity contribution in [1.82, 2.24) is 10.6 Å². The number of amides is 2. The van der Waals surface area contributed by atoms with Crippen LogP contribution in [0.2, 0.25) is 0 Å². The molecule has 1 rings (SSSR count). The molecule has 0 radical (unpaired) electrons. The standard InChI is InChI=1S/C19H30N2O3/c1-6-24-19(23)21-17(11-13(2)3)12-20-18(22)16-9-7-15(8-10-16)14(4)5/h7-10,13-14,17H,6,11-12H2,1-5H3,(H,20,22)(H,21,23). The van der Waals surface area contributed by atoms with Gasteiger partial charge in [-0.15, -0.1) is 0 Å². The average Bonchev–Trinajstić information content (AvgIpc) is 2.52. The Balaban J connectivity index is 2.60. The molecule has 5 nitrogen and oxygen atoms in total. The lowest BCUT2D eigenvalue weighted by molar-refractivity contribution is 0.0944. The Bertz CT molecular complexity index is 524. The summed E-state index contributed by atoms with van der Waals surface area (Å²) in [5, 5.41) is 5.70. The second-order valence-corrected chi connectivity index (χ2v) is 6.68. The lowest BCUT2D eigenvalue weighted by atomic mass is 10.0. The van der Waals surface area contributed by atoms with E-state index in [9.17, 15) is 9.59 Å². The number of alkyl carbamates (subject to hydrolysis) is 1. The number of nitrogens with one attached hydrogen (secondary N) is 2. The summed E-state index contributed by atoms with van der Waals surface area (Å²) in [6, 6.07) is 7.47. The normalized spacial score (nSPS) is 12.1. The van der Waals surface area contributed by atoms with E-state index in [1.807, 2.05) is 24.3 Å². The van der Waals surface area contributed by atoms with Crippen molar-refractivity contribution in [2.24, 2.45) is 5.92 Å². The van der Waals surface area contributed by atoms with Crippen molar-refractivity contribution in [3.8, 4) is 0 Å². The van der Waals surface area contributed by atoms with E-state index in [-0.39, 0.29) is 11.9 Å². The summed E-state index contributed by atoms with van der Waals surface area (Å²) < 4.78 is 4.92. The van der Waals surface area contributed by atoms with Crippen molar-refractivity contribution in [2.45, 2.75) is 53.0 Å². The molecule has 2 amide bonds. The van der Waals surface area contributed by atoms with Crippen molar-refractivity contribution in [1.29, 1.82) is 0 Å². The number of carbonyl (C=O) groups is 2. The van der Waals surface area contributed by atoms with E-state index in [1.54, 1.807) is 6.92 Å². The first-order valence-corrected chi connectivity index (χ1v) is 8.64. The van der Waals surface area contributed by atoms with Crippen LogP contribution >= 0.6 is 0 Å². The van der Waals surface area contributed by atoms with Gasteiger partial charge in [-0.1, -0.05) is 39.8 Å². The smallest absolute Gasteiger partial charge is 0.407 e. The zero-order valence-corrected chi connectivity index (χ0v) is 15.4. The third kappa shape index (κ3) is 7.02. The summed E-state index contributed by atoms with van der Waals surface area (Å²) in [6.45, 7) is 10.9. The summed E-state index contributed by atoms with van der Waals surface area (Å²) in [5.41, 5.74) is 1.83. The predicted molar refractivity (Wildman–Crippen MR) is 96.3 cm³/mol. The topological polar surface area (TPSA) is 67.4 Å². The molecule has 2 N–H and O–H groups in total. The molecule has 0 saturated carbocycles. The third-order valence-electron chi connectivity index (χ3n) is 3.70. The SMILES string of the molecule is CCOC(=O)NC(CNC(=O)c1ccc(C(C)C)cc1)CC(C)C. The molecule has 0 heterocycles. The molecule has 24 heavy (non-hydrogen) atoms. The van der Waals surface area contributed by atoms with Crippen LogP contribution in [-0.2, 0) is 4.74 Å². The van der Waals surface area contributed by atoms with Gasteiger partial charge in [0.25, 0.3) is 5.91 Å². The Hall–Kier alpha value is -2.04. The van der Waals surface area contributed by atoms with E-state index in [0.717, 1.165) is 6.42 Å². The molecule has 134 valence electrons. The number of hydrogen-bond donors (Lipinski definition) is 2. The van der Waals surface area contributed by atoms with E-state index < -0.39 is 6.09 Å². The van der Waals surface area contributed by atoms with Crippen LogP contribution in [0.25, 0.3) is 0 Å². The van der Waals surface area contributed by atoms with Gasteiger partial charge < -0.3 is 15.4 Å². The maximum absolute atomic E-state index is 12.3. The maximum Gasteiger partial charge on any atom is 0.407 e. The van der Waals surface area contributed by atoms with Gasteiger partial charge in [-0.25, -0.2) is 4.79 Å². The van der Waals surface area contributed by atoms with Crippen LogP contribution in [0.4, 0.5) is 4.79 Å². The highest BCUT2D eigenvalue weighted by molar-refractivity contribution is 5.94. The minimum absolute atomic E-state index is 0.135. The lowest BCUT2D eigenvalue weighted by Gasteiger charge is -2.20. The van der Waals surface area contributed by atoms with Gasteiger partial charge in [-0.05, 0) is 42.9 Å². The number of rotatable bonds is 8. The second kappa shape index (κ2) is 9.96. The molecule has 0 spiro atoms. The largest absolute Gasteiger partial charge is 0.450 e. The van der Waals surface area contributed by atoms with Gasteiger partial charge in [0.05, 0.1) is 6.61 Å². The Morgan fingerprint density at radius 1 is 1.08 bits per heavy atom. The summed E-state index contributed by atoms with van der Waals surface area (Å²) in [4.78, 5) is 23.9. The molecular formula is C19H30N2O3. The van der Waals surface area contributed by atoms with Crippen LogP contribution in [0.5, 0.6) is 0 Å². The minimum atomic E-state index is -0.446.